The molecule has 2 aliphatic heterocycles. The molecule has 1 unspecified atom stereocenters. The van der Waals surface area contributed by atoms with Crippen LogP contribution in [-0.4, -0.2) is 57.7 Å². The van der Waals surface area contributed by atoms with Crippen molar-refractivity contribution in [2.45, 2.75) is 37.5 Å². The number of aromatic amines is 1. The van der Waals surface area contributed by atoms with E-state index >= 15 is 0 Å². The first kappa shape index (κ1) is 18.7. The number of alkyl halides is 2. The van der Waals surface area contributed by atoms with Crippen LogP contribution in [0.25, 0.3) is 11.0 Å². The number of H-pyrrole nitrogens is 1. The highest BCUT2D eigenvalue weighted by molar-refractivity contribution is 5.95. The van der Waals surface area contributed by atoms with Gasteiger partial charge in [0.05, 0.1) is 5.39 Å². The first-order valence-corrected chi connectivity index (χ1v) is 10.5. The molecule has 160 valence electrons. The molecule has 2 N–H and O–H groups in total. The van der Waals surface area contributed by atoms with Crippen molar-refractivity contribution in [1.29, 1.82) is 0 Å². The van der Waals surface area contributed by atoms with Gasteiger partial charge in [0.1, 0.15) is 29.6 Å². The van der Waals surface area contributed by atoms with Crippen LogP contribution in [0.3, 0.4) is 0 Å². The van der Waals surface area contributed by atoms with Gasteiger partial charge in [-0.2, -0.15) is 8.78 Å². The van der Waals surface area contributed by atoms with E-state index in [1.54, 1.807) is 6.33 Å². The second-order valence-corrected chi connectivity index (χ2v) is 8.30. The number of anilines is 1. The first-order chi connectivity index (χ1) is 15.2. The number of hydrogen-bond donors (Lipinski definition) is 2. The number of hydrogen-bond acceptors (Lipinski definition) is 5. The van der Waals surface area contributed by atoms with Crippen LogP contribution < -0.4 is 10.1 Å². The first-order valence-electron chi connectivity index (χ1n) is 10.5. The molecule has 7 nitrogen and oxygen atoms in total. The van der Waals surface area contributed by atoms with Gasteiger partial charge in [0.15, 0.2) is 25.8 Å². The van der Waals surface area contributed by atoms with Crippen molar-refractivity contribution >= 4 is 22.6 Å². The Morgan fingerprint density at radius 2 is 2.03 bits per heavy atom. The average Bonchev–Trinajstić information content (AvgIpc) is 3.50. The van der Waals surface area contributed by atoms with Crippen LogP contribution in [0.1, 0.15) is 36.1 Å². The monoisotopic (exact) mass is 426 g/mol. The summed E-state index contributed by atoms with van der Waals surface area (Å²) in [5.41, 5.74) is 3.99. The third-order valence-electron chi connectivity index (χ3n) is 6.23. The minimum atomic E-state index is -2.75. The number of ether oxygens (including phenoxy) is 2. The zero-order valence-electron chi connectivity index (χ0n) is 16.7. The Labute approximate surface area is 177 Å². The number of nitrogens with one attached hydrogen (secondary N) is 2. The summed E-state index contributed by atoms with van der Waals surface area (Å²) in [6.45, 7) is -1.54. The fourth-order valence-corrected chi connectivity index (χ4v) is 4.43. The maximum Gasteiger partial charge on any atom is 0.346 e. The van der Waals surface area contributed by atoms with Crippen molar-refractivity contribution in [3.63, 3.8) is 0 Å². The fourth-order valence-electron chi connectivity index (χ4n) is 4.43. The number of aromatic nitrogens is 3. The Kier molecular flexibility index (Phi) is 4.38. The van der Waals surface area contributed by atoms with Gasteiger partial charge >= 0.3 is 6.61 Å². The average molecular weight is 426 g/mol. The van der Waals surface area contributed by atoms with Gasteiger partial charge in [-0.15, -0.1) is 0 Å². The van der Waals surface area contributed by atoms with Crippen LogP contribution in [0.15, 0.2) is 36.7 Å². The topological polar surface area (TPSA) is 75.1 Å². The smallest absolute Gasteiger partial charge is 0.346 e. The zero-order chi connectivity index (χ0) is 20.9. The van der Waals surface area contributed by atoms with Crippen molar-refractivity contribution in [2.75, 3.05) is 25.0 Å². The minimum Gasteiger partial charge on any atom is -0.483 e. The van der Waals surface area contributed by atoms with Crippen LogP contribution in [0.5, 0.6) is 5.75 Å². The summed E-state index contributed by atoms with van der Waals surface area (Å²) in [6, 6.07) is 9.82. The van der Waals surface area contributed by atoms with Gasteiger partial charge in [0.25, 0.3) is 0 Å². The van der Waals surface area contributed by atoms with Gasteiger partial charge in [-0.1, -0.05) is 18.2 Å². The molecule has 1 aliphatic carbocycles. The predicted molar refractivity (Wildman–Crippen MR) is 110 cm³/mol. The third kappa shape index (κ3) is 3.42. The van der Waals surface area contributed by atoms with E-state index in [1.807, 2.05) is 28.8 Å². The summed E-state index contributed by atoms with van der Waals surface area (Å²) in [5, 5.41) is 4.54. The summed E-state index contributed by atoms with van der Waals surface area (Å²) in [7, 11) is 0. The van der Waals surface area contributed by atoms with E-state index < -0.39 is 12.7 Å². The van der Waals surface area contributed by atoms with E-state index in [0.29, 0.717) is 25.6 Å². The quantitative estimate of drug-likeness (QED) is 0.612. The van der Waals surface area contributed by atoms with Crippen molar-refractivity contribution in [3.8, 4) is 5.75 Å². The molecule has 1 saturated heterocycles. The lowest BCUT2D eigenvalue weighted by atomic mass is 9.97. The van der Waals surface area contributed by atoms with Crippen molar-refractivity contribution in [1.82, 2.24) is 15.0 Å². The normalized spacial score (nSPS) is 22.9. The van der Waals surface area contributed by atoms with E-state index in [2.05, 4.69) is 31.1 Å². The SMILES string of the molecule is FC(F)OC1C[N+](=C2COc3ccccc3C2Nc2ncnc3[nH]c(C4CC4)cc23)C1. The Balaban J connectivity index is 1.36. The lowest BCUT2D eigenvalue weighted by molar-refractivity contribution is -0.616. The number of rotatable bonds is 5. The Bertz CT molecular complexity index is 1170. The fraction of sp³-hybridized carbons (Fsp3) is 0.409. The molecule has 3 aromatic rings. The summed E-state index contributed by atoms with van der Waals surface area (Å²) < 4.78 is 37.7. The molecule has 1 aromatic carbocycles. The van der Waals surface area contributed by atoms with Crippen molar-refractivity contribution < 1.29 is 22.8 Å². The number of halogens is 2. The predicted octanol–water partition coefficient (Wildman–Crippen LogP) is 3.46. The van der Waals surface area contributed by atoms with Crippen LogP contribution >= 0.6 is 0 Å². The molecule has 0 radical (unpaired) electrons. The minimum absolute atomic E-state index is 0.185. The highest BCUT2D eigenvalue weighted by Crippen LogP contribution is 2.41. The molecule has 31 heavy (non-hydrogen) atoms. The molecule has 1 atom stereocenters. The van der Waals surface area contributed by atoms with Crippen molar-refractivity contribution in [2.24, 2.45) is 0 Å². The lowest BCUT2D eigenvalue weighted by Gasteiger charge is -2.32. The number of para-hydroxylation sites is 1. The van der Waals surface area contributed by atoms with Crippen molar-refractivity contribution in [3.05, 3.63) is 47.9 Å². The summed E-state index contributed by atoms with van der Waals surface area (Å²) >= 11 is 0. The lowest BCUT2D eigenvalue weighted by Crippen LogP contribution is -2.53. The van der Waals surface area contributed by atoms with Gasteiger partial charge < -0.3 is 19.8 Å². The molecule has 1 saturated carbocycles. The summed E-state index contributed by atoms with van der Waals surface area (Å²) in [5.74, 6) is 2.14. The third-order valence-corrected chi connectivity index (χ3v) is 6.23. The molecular formula is C22H22F2N5O2+. The van der Waals surface area contributed by atoms with E-state index in [4.69, 9.17) is 4.74 Å². The summed E-state index contributed by atoms with van der Waals surface area (Å²) in [4.78, 5) is 12.3. The largest absolute Gasteiger partial charge is 0.483 e. The maximum absolute atomic E-state index is 12.5. The van der Waals surface area contributed by atoms with Gasteiger partial charge in [-0.05, 0) is 30.9 Å². The van der Waals surface area contributed by atoms with Crippen LogP contribution in [-0.2, 0) is 4.74 Å². The maximum atomic E-state index is 12.5. The zero-order valence-corrected chi connectivity index (χ0v) is 16.7. The molecular weight excluding hydrogens is 404 g/mol. The van der Waals surface area contributed by atoms with Crippen LogP contribution in [0, 0.1) is 0 Å². The van der Waals surface area contributed by atoms with E-state index in [9.17, 15) is 8.78 Å². The number of benzene rings is 1. The molecule has 0 bridgehead atoms. The molecule has 0 spiro atoms. The molecule has 3 aliphatic rings. The van der Waals surface area contributed by atoms with Gasteiger partial charge in [-0.3, -0.25) is 0 Å². The van der Waals surface area contributed by atoms with Crippen LogP contribution in [0.2, 0.25) is 0 Å². The van der Waals surface area contributed by atoms with Gasteiger partial charge in [0.2, 0.25) is 5.71 Å². The molecule has 0 amide bonds. The molecule has 2 aromatic heterocycles. The Morgan fingerprint density at radius 3 is 2.84 bits per heavy atom. The van der Waals surface area contributed by atoms with Gasteiger partial charge in [-0.25, -0.2) is 14.5 Å². The van der Waals surface area contributed by atoms with E-state index in [1.165, 1.54) is 18.5 Å². The van der Waals surface area contributed by atoms with Gasteiger partial charge in [0, 0.05) is 11.3 Å². The summed E-state index contributed by atoms with van der Waals surface area (Å²) in [6.07, 6.45) is 3.48. The Hall–Kier alpha value is -3.07. The molecule has 2 fully saturated rings. The van der Waals surface area contributed by atoms with E-state index in [0.717, 1.165) is 33.9 Å². The number of fused-ring (bicyclic) bond motifs is 2. The highest BCUT2D eigenvalue weighted by Gasteiger charge is 2.42. The molecule has 9 heteroatoms. The van der Waals surface area contributed by atoms with Crippen LogP contribution in [0.4, 0.5) is 14.6 Å². The van der Waals surface area contributed by atoms with E-state index in [-0.39, 0.29) is 6.04 Å². The number of nitrogens with zero attached hydrogens (tertiary/aromatic N) is 3. The Morgan fingerprint density at radius 1 is 1.19 bits per heavy atom. The standard InChI is InChI=1S/C22H22F2N5O2/c23-22(24)31-13-8-29(9-13)17-10-30-18-4-2-1-3-14(18)19(17)28-21-15-7-16(12-5-6-12)27-20(15)25-11-26-21/h1-4,7,11-13,19,22H,5-6,8-10H2,(H2,25,26,27,28)/q+1. The molecule has 6 rings (SSSR count). The second kappa shape index (κ2) is 7.26. The second-order valence-electron chi connectivity index (χ2n) is 8.30. The molecule has 4 heterocycles. The highest BCUT2D eigenvalue weighted by atomic mass is 19.3.